The van der Waals surface area contributed by atoms with E-state index in [0.29, 0.717) is 0 Å². The summed E-state index contributed by atoms with van der Waals surface area (Å²) in [5, 5.41) is 0. The Morgan fingerprint density at radius 2 is 0.922 bits per heavy atom. The van der Waals surface area contributed by atoms with Crippen molar-refractivity contribution in [1.82, 2.24) is 0 Å². The molecule has 272 valence electrons. The second-order valence-electron chi connectivity index (χ2n) is 13.4. The third-order valence-electron chi connectivity index (χ3n) is 9.03. The Morgan fingerprint density at radius 3 is 1.47 bits per heavy atom. The van der Waals surface area contributed by atoms with Gasteiger partial charge in [-0.2, -0.15) is 0 Å². The summed E-state index contributed by atoms with van der Waals surface area (Å²) >= 11 is 7.33. The zero-order valence-electron chi connectivity index (χ0n) is 31.2. The maximum absolute atomic E-state index is 6.66. The molecule has 2 nitrogen and oxygen atoms in total. The molecule has 0 saturated heterocycles. The van der Waals surface area contributed by atoms with Crippen LogP contribution in [0.15, 0.2) is 60.7 Å². The molecule has 1 aromatic carbocycles. The van der Waals surface area contributed by atoms with Gasteiger partial charge in [0.15, 0.2) is 0 Å². The van der Waals surface area contributed by atoms with E-state index in [-0.39, 0.29) is 0 Å². The summed E-state index contributed by atoms with van der Waals surface area (Å²) in [7, 11) is 0. The summed E-state index contributed by atoms with van der Waals surface area (Å²) in [5.74, 6) is 8.76. The lowest BCUT2D eigenvalue weighted by Gasteiger charge is -2.17. The van der Waals surface area contributed by atoms with Crippen LogP contribution in [0.25, 0.3) is 40.4 Å². The minimum absolute atomic E-state index is 0.720. The highest BCUT2D eigenvalue weighted by atomic mass is 32.1. The Balaban J connectivity index is 1.40. The molecule has 0 aliphatic rings. The Morgan fingerprint density at radius 1 is 0.471 bits per heavy atom. The van der Waals surface area contributed by atoms with Crippen LogP contribution in [0.5, 0.6) is 11.5 Å². The van der Waals surface area contributed by atoms with Gasteiger partial charge in [0.1, 0.15) is 11.5 Å². The van der Waals surface area contributed by atoms with Crippen LogP contribution in [0.1, 0.15) is 127 Å². The average molecular weight is 757 g/mol. The van der Waals surface area contributed by atoms with Gasteiger partial charge >= 0.3 is 0 Å². The zero-order chi connectivity index (χ0) is 35.7. The van der Waals surface area contributed by atoms with Gasteiger partial charge in [-0.3, -0.25) is 0 Å². The van der Waals surface area contributed by atoms with Crippen LogP contribution < -0.4 is 9.47 Å². The quantitative estimate of drug-likeness (QED) is 0.0517. The molecule has 51 heavy (non-hydrogen) atoms. The fourth-order valence-corrected chi connectivity index (χ4v) is 10.1. The van der Waals surface area contributed by atoms with Crippen molar-refractivity contribution in [1.29, 1.82) is 0 Å². The van der Waals surface area contributed by atoms with E-state index in [0.717, 1.165) is 60.0 Å². The summed E-state index contributed by atoms with van der Waals surface area (Å²) in [6.07, 6.45) is 18.3. The molecule has 0 bridgehead atoms. The van der Waals surface area contributed by atoms with E-state index in [2.05, 4.69) is 100 Å². The van der Waals surface area contributed by atoms with Gasteiger partial charge < -0.3 is 9.47 Å². The van der Waals surface area contributed by atoms with Crippen molar-refractivity contribution in [3.63, 3.8) is 0 Å². The Bertz CT molecular complexity index is 1810. The first-order valence-corrected chi connectivity index (χ1v) is 22.7. The normalized spacial score (nSPS) is 11.1. The molecule has 6 heteroatoms. The molecule has 0 radical (unpaired) electrons. The first-order chi connectivity index (χ1) is 25.1. The van der Waals surface area contributed by atoms with Crippen molar-refractivity contribution in [2.24, 2.45) is 0 Å². The molecule has 4 aromatic heterocycles. The molecule has 5 aromatic rings. The van der Waals surface area contributed by atoms with Gasteiger partial charge in [-0.1, -0.05) is 103 Å². The number of rotatable bonds is 22. The highest BCUT2D eigenvalue weighted by Crippen LogP contribution is 2.47. The van der Waals surface area contributed by atoms with Crippen LogP contribution in [0, 0.1) is 18.8 Å². The highest BCUT2D eigenvalue weighted by molar-refractivity contribution is 7.24. The van der Waals surface area contributed by atoms with Gasteiger partial charge in [-0.05, 0) is 86.8 Å². The van der Waals surface area contributed by atoms with Crippen molar-refractivity contribution in [3.8, 4) is 63.7 Å². The van der Waals surface area contributed by atoms with Crippen LogP contribution in [0.2, 0.25) is 0 Å². The number of ether oxygens (including phenoxy) is 2. The summed E-state index contributed by atoms with van der Waals surface area (Å²) in [6, 6.07) is 22.4. The lowest BCUT2D eigenvalue weighted by molar-refractivity contribution is 0.299. The number of unbranched alkanes of at least 4 members (excludes halogenated alkanes) is 12. The third kappa shape index (κ3) is 12.1. The van der Waals surface area contributed by atoms with Crippen LogP contribution in [0.4, 0.5) is 0 Å². The molecule has 4 heterocycles. The van der Waals surface area contributed by atoms with Crippen molar-refractivity contribution in [3.05, 3.63) is 70.4 Å². The van der Waals surface area contributed by atoms with Crippen LogP contribution >= 0.6 is 45.3 Å². The van der Waals surface area contributed by atoms with E-state index >= 15 is 0 Å². The number of hydrogen-bond acceptors (Lipinski definition) is 6. The van der Waals surface area contributed by atoms with Gasteiger partial charge in [0.25, 0.3) is 0 Å². The standard InChI is InChI=1S/C45H56O2S4/c1-5-8-11-14-15-16-17-18-21-35-23-25-43(49-35)45-29-27-41(51-45)37-33-38(46-30-19-12-9-6-2)36(32-39(37)47-31-20-13-10-7-3)40-26-28-44(50-40)42-24-22-34(4)48-42/h22-29,32-33H,5-17,19-20,30-31H2,1-4H3. The Kier molecular flexibility index (Phi) is 16.7. The zero-order valence-corrected chi connectivity index (χ0v) is 34.5. The molecular formula is C45H56O2S4. The molecular weight excluding hydrogens is 701 g/mol. The monoisotopic (exact) mass is 756 g/mol. The average Bonchev–Trinajstić information content (AvgIpc) is 3.97. The van der Waals surface area contributed by atoms with Crippen LogP contribution in [-0.4, -0.2) is 13.2 Å². The molecule has 0 spiro atoms. The van der Waals surface area contributed by atoms with Crippen molar-refractivity contribution in [2.45, 2.75) is 124 Å². The van der Waals surface area contributed by atoms with E-state index in [4.69, 9.17) is 9.47 Å². The predicted molar refractivity (Wildman–Crippen MR) is 229 cm³/mol. The molecule has 0 amide bonds. The smallest absolute Gasteiger partial charge is 0.128 e. The summed E-state index contributed by atoms with van der Waals surface area (Å²) < 4.78 is 13.3. The molecule has 0 aliphatic carbocycles. The molecule has 5 rings (SSSR count). The predicted octanol–water partition coefficient (Wildman–Crippen LogP) is 15.9. The van der Waals surface area contributed by atoms with Gasteiger partial charge in [0.2, 0.25) is 0 Å². The largest absolute Gasteiger partial charge is 0.493 e. The number of hydrogen-bond donors (Lipinski definition) is 0. The fourth-order valence-electron chi connectivity index (χ4n) is 6.08. The maximum Gasteiger partial charge on any atom is 0.128 e. The van der Waals surface area contributed by atoms with Crippen molar-refractivity contribution >= 4 is 45.3 Å². The lowest BCUT2D eigenvalue weighted by Crippen LogP contribution is -2.02. The summed E-state index contributed by atoms with van der Waals surface area (Å²) in [5.41, 5.74) is 2.25. The SMILES string of the molecule is CCCCCCCCC#Cc1ccc(-c2ccc(-c3cc(OCCCCCC)c(-c4ccc(-c5ccc(C)s5)s4)cc3OCCCCCC)s2)s1. The molecule has 0 saturated carbocycles. The van der Waals surface area contributed by atoms with Crippen molar-refractivity contribution < 1.29 is 9.47 Å². The summed E-state index contributed by atoms with van der Waals surface area (Å²) in [6.45, 7) is 10.4. The second-order valence-corrected chi connectivity index (χ2v) is 17.9. The third-order valence-corrected chi connectivity index (χ3v) is 13.7. The minimum Gasteiger partial charge on any atom is -0.493 e. The molecule has 0 fully saturated rings. The first-order valence-electron chi connectivity index (χ1n) is 19.4. The number of aryl methyl sites for hydroxylation is 1. The fraction of sp³-hybridized carbons (Fsp3) is 0.467. The number of thiophene rings is 4. The highest BCUT2D eigenvalue weighted by Gasteiger charge is 2.19. The Hall–Kier alpha value is -2.82. The lowest BCUT2D eigenvalue weighted by atomic mass is 10.1. The minimum atomic E-state index is 0.720. The Labute approximate surface area is 324 Å². The van der Waals surface area contributed by atoms with Crippen LogP contribution in [-0.2, 0) is 0 Å². The van der Waals surface area contributed by atoms with E-state index in [9.17, 15) is 0 Å². The molecule has 0 N–H and O–H groups in total. The van der Waals surface area contributed by atoms with Gasteiger partial charge in [0.05, 0.1) is 18.1 Å². The number of benzene rings is 1. The van der Waals surface area contributed by atoms with Gasteiger partial charge in [-0.25, -0.2) is 0 Å². The first kappa shape index (κ1) is 39.4. The summed E-state index contributed by atoms with van der Waals surface area (Å²) in [4.78, 5) is 10.1. The van der Waals surface area contributed by atoms with Crippen molar-refractivity contribution in [2.75, 3.05) is 13.2 Å². The molecule has 0 aliphatic heterocycles. The topological polar surface area (TPSA) is 18.5 Å². The van der Waals surface area contributed by atoms with E-state index in [1.165, 1.54) is 111 Å². The maximum atomic E-state index is 6.66. The van der Waals surface area contributed by atoms with Gasteiger partial charge in [0, 0.05) is 51.7 Å². The molecule has 0 unspecified atom stereocenters. The second kappa shape index (κ2) is 21.6. The van der Waals surface area contributed by atoms with E-state index in [1.54, 1.807) is 11.3 Å². The van der Waals surface area contributed by atoms with Crippen LogP contribution in [0.3, 0.4) is 0 Å². The van der Waals surface area contributed by atoms with E-state index < -0.39 is 0 Å². The molecule has 0 atom stereocenters. The van der Waals surface area contributed by atoms with E-state index in [1.807, 2.05) is 34.0 Å². The van der Waals surface area contributed by atoms with Gasteiger partial charge in [-0.15, -0.1) is 45.3 Å².